The molecule has 1 spiro atoms. The molecule has 59 heavy (non-hydrogen) atoms. The molecule has 314 valence electrons. The number of esters is 1. The topological polar surface area (TPSA) is 136 Å². The van der Waals surface area contributed by atoms with Crippen LogP contribution in [-0.4, -0.2) is 86.0 Å². The Morgan fingerprint density at radius 2 is 1.75 bits per heavy atom. The molecular weight excluding hydrogens is 763 g/mol. The Kier molecular flexibility index (Phi) is 13.0. The lowest BCUT2D eigenvalue weighted by molar-refractivity contribution is -0.146. The smallest absolute Gasteiger partial charge is 0.305 e. The summed E-state index contributed by atoms with van der Waals surface area (Å²) in [6.07, 6.45) is 8.05. The number of carbonyl (C=O) groups excluding carboxylic acids is 3. The van der Waals surface area contributed by atoms with E-state index >= 15 is 4.79 Å². The highest BCUT2D eigenvalue weighted by atomic mass is 28.3. The number of carbonyl (C=O) groups is 3. The highest BCUT2D eigenvalue weighted by Gasteiger charge is 2.66. The van der Waals surface area contributed by atoms with Crippen LogP contribution >= 0.6 is 0 Å². The highest BCUT2D eigenvalue weighted by molar-refractivity contribution is 6.91. The number of unbranched alkanes of at least 4 members (excludes halogenated alkanes) is 1. The van der Waals surface area contributed by atoms with Gasteiger partial charge in [0, 0.05) is 55.8 Å². The number of methoxy groups -OCH3 is 2. The minimum atomic E-state index is -2.44. The fourth-order valence-corrected chi connectivity index (χ4v) is 14.0. The predicted octanol–water partition coefficient (Wildman–Crippen LogP) is 6.70. The molecule has 0 aliphatic carbocycles. The second-order valence-corrected chi connectivity index (χ2v) is 21.6. The molecule has 13 heteroatoms. The van der Waals surface area contributed by atoms with E-state index in [-0.39, 0.29) is 54.3 Å². The maximum absolute atomic E-state index is 15.4. The number of hydrogen-bond acceptors (Lipinski definition) is 9. The van der Waals surface area contributed by atoms with Crippen LogP contribution in [0.15, 0.2) is 79.0 Å². The lowest BCUT2D eigenvalue weighted by atomic mass is 9.82. The summed E-state index contributed by atoms with van der Waals surface area (Å²) in [6.45, 7) is 8.37. The van der Waals surface area contributed by atoms with Crippen molar-refractivity contribution in [2.24, 2.45) is 5.92 Å². The van der Waals surface area contributed by atoms with Crippen molar-refractivity contribution in [2.75, 3.05) is 43.7 Å². The zero-order valence-electron chi connectivity index (χ0n) is 35.1. The van der Waals surface area contributed by atoms with Crippen LogP contribution < -0.4 is 19.7 Å². The number of benzene rings is 3. The fraction of sp³-hybridized carbons (Fsp3) is 0.500. The summed E-state index contributed by atoms with van der Waals surface area (Å²) >= 11 is 0. The van der Waals surface area contributed by atoms with Crippen LogP contribution in [0.4, 0.5) is 11.4 Å². The van der Waals surface area contributed by atoms with Gasteiger partial charge in [0.25, 0.3) is 5.91 Å². The van der Waals surface area contributed by atoms with Crippen LogP contribution in [0.2, 0.25) is 18.6 Å². The van der Waals surface area contributed by atoms with Crippen molar-refractivity contribution in [3.63, 3.8) is 0 Å². The number of fused-ring (bicyclic) bond motifs is 2. The van der Waals surface area contributed by atoms with Crippen molar-refractivity contribution >= 4 is 42.4 Å². The van der Waals surface area contributed by atoms with E-state index in [1.54, 1.807) is 7.11 Å². The minimum Gasteiger partial charge on any atom is -0.497 e. The Morgan fingerprint density at radius 1 is 0.983 bits per heavy atom. The predicted molar refractivity (Wildman–Crippen MR) is 230 cm³/mol. The summed E-state index contributed by atoms with van der Waals surface area (Å²) in [5, 5.41) is 20.6. The molecule has 3 aliphatic heterocycles. The molecule has 4 heterocycles. The van der Waals surface area contributed by atoms with E-state index < -0.39 is 13.7 Å². The Bertz CT molecular complexity index is 2090. The summed E-state index contributed by atoms with van der Waals surface area (Å²) in [6, 6.07) is 24.2. The molecule has 2 fully saturated rings. The molecule has 7 rings (SSSR count). The number of nitrogens with zero attached hydrogens (tertiary/aromatic N) is 5. The second-order valence-electron chi connectivity index (χ2n) is 16.9. The van der Waals surface area contributed by atoms with Gasteiger partial charge in [0.15, 0.2) is 5.60 Å². The van der Waals surface area contributed by atoms with E-state index in [0.29, 0.717) is 51.0 Å². The maximum Gasteiger partial charge on any atom is 0.305 e. The number of aliphatic hydroxyl groups is 1. The normalized spacial score (nSPS) is 22.6. The van der Waals surface area contributed by atoms with Gasteiger partial charge in [0.05, 0.1) is 52.3 Å². The van der Waals surface area contributed by atoms with Crippen molar-refractivity contribution in [3.8, 4) is 5.75 Å². The van der Waals surface area contributed by atoms with Crippen molar-refractivity contribution in [1.82, 2.24) is 15.0 Å². The van der Waals surface area contributed by atoms with E-state index in [2.05, 4.69) is 48.5 Å². The third-order valence-corrected chi connectivity index (χ3v) is 17.5. The average molecular weight is 822 g/mol. The number of aryl methyl sites for hydroxylation is 1. The molecule has 2 saturated heterocycles. The molecular formula is C46H59N5O7Si. The van der Waals surface area contributed by atoms with Gasteiger partial charge >= 0.3 is 5.97 Å². The molecule has 5 atom stereocenters. The van der Waals surface area contributed by atoms with Gasteiger partial charge in [0.1, 0.15) is 5.75 Å². The maximum atomic E-state index is 15.4. The van der Waals surface area contributed by atoms with Gasteiger partial charge in [-0.05, 0) is 73.5 Å². The molecule has 1 unspecified atom stereocenters. The first-order valence-electron chi connectivity index (χ1n) is 21.2. The first-order valence-corrected chi connectivity index (χ1v) is 24.3. The van der Waals surface area contributed by atoms with Gasteiger partial charge in [-0.2, -0.15) is 0 Å². The summed E-state index contributed by atoms with van der Waals surface area (Å²) in [5.41, 5.74) is 2.75. The number of ether oxygens (including phenoxy) is 3. The van der Waals surface area contributed by atoms with E-state index in [1.165, 1.54) is 12.3 Å². The summed E-state index contributed by atoms with van der Waals surface area (Å²) < 4.78 is 19.7. The minimum absolute atomic E-state index is 0.00328. The Morgan fingerprint density at radius 3 is 2.47 bits per heavy atom. The van der Waals surface area contributed by atoms with E-state index in [0.717, 1.165) is 53.9 Å². The first kappa shape index (κ1) is 42.3. The van der Waals surface area contributed by atoms with Crippen molar-refractivity contribution in [3.05, 3.63) is 95.8 Å². The van der Waals surface area contributed by atoms with E-state index in [9.17, 15) is 14.7 Å². The molecule has 1 N–H and O–H groups in total. The molecule has 4 aromatic rings. The van der Waals surface area contributed by atoms with E-state index in [1.807, 2.05) is 75.3 Å². The summed E-state index contributed by atoms with van der Waals surface area (Å²) in [7, 11) is 0.621. The Balaban J connectivity index is 1.27. The number of aliphatic hydroxyl groups excluding tert-OH is 1. The van der Waals surface area contributed by atoms with Crippen LogP contribution in [0.5, 0.6) is 5.75 Å². The van der Waals surface area contributed by atoms with E-state index in [4.69, 9.17) is 14.2 Å². The number of amides is 2. The number of hydrogen-bond donors (Lipinski definition) is 1. The van der Waals surface area contributed by atoms with Crippen LogP contribution in [0.25, 0.3) is 0 Å². The first-order chi connectivity index (χ1) is 28.5. The number of aromatic nitrogens is 3. The SMILES string of the molecule is COC(=O)CCCCN1C(=O)[C@@]2(O[C@@H](CCn3cc(C(CO)c4ccccc4)nn3)[C@H]([Si](C)(C)c3ccc(OC)cc3)[C@H]2C)c2cc(N3CCCCCCC3=O)ccc21. The molecule has 2 amide bonds. The van der Waals surface area contributed by atoms with Crippen LogP contribution in [0.3, 0.4) is 0 Å². The highest BCUT2D eigenvalue weighted by Crippen LogP contribution is 2.60. The van der Waals surface area contributed by atoms with Crippen molar-refractivity contribution in [2.45, 2.75) is 108 Å². The Hall–Kier alpha value is -4.85. The third-order valence-electron chi connectivity index (χ3n) is 13.1. The second kappa shape index (κ2) is 18.2. The number of anilines is 2. The summed E-state index contributed by atoms with van der Waals surface area (Å²) in [5.74, 6) is -0.00878. The third kappa shape index (κ3) is 8.34. The standard InChI is InChI=1S/C46H59N5O7Si/c1-32-44(59(4,5)36-22-20-35(56-2)21-23-36)41(25-28-49-30-39(47-48-49)37(31-52)33-15-9-8-10-16-33)58-46(32)38-29-34(50-26-13-7-6-11-17-42(50)53)19-24-40(38)51(45(46)55)27-14-12-18-43(54)57-3/h8-10,15-16,19-24,29-30,32,37,41,44,52H,6-7,11-14,17-18,25-28,31H2,1-5H3/t32-,37?,41+,44-,46+/m1/s1. The summed E-state index contributed by atoms with van der Waals surface area (Å²) in [4.78, 5) is 44.7. The average Bonchev–Trinajstić information content (AvgIpc) is 3.90. The molecule has 0 radical (unpaired) electrons. The van der Waals surface area contributed by atoms with Gasteiger partial charge < -0.3 is 29.1 Å². The van der Waals surface area contributed by atoms with Gasteiger partial charge in [-0.25, -0.2) is 0 Å². The van der Waals surface area contributed by atoms with Gasteiger partial charge in [0.2, 0.25) is 5.91 Å². The largest absolute Gasteiger partial charge is 0.497 e. The lowest BCUT2D eigenvalue weighted by Crippen LogP contribution is -2.52. The molecule has 1 aromatic heterocycles. The molecule has 3 aliphatic rings. The zero-order chi connectivity index (χ0) is 41.7. The molecule has 0 saturated carbocycles. The van der Waals surface area contributed by atoms with Gasteiger partial charge in [-0.15, -0.1) is 5.10 Å². The van der Waals surface area contributed by atoms with Gasteiger partial charge in [-0.1, -0.05) is 85.7 Å². The quantitative estimate of drug-likeness (QED) is 0.0789. The van der Waals surface area contributed by atoms with Crippen molar-refractivity contribution < 1.29 is 33.7 Å². The molecule has 0 bridgehead atoms. The molecule has 3 aromatic carbocycles. The molecule has 12 nitrogen and oxygen atoms in total. The van der Waals surface area contributed by atoms with Crippen LogP contribution in [0, 0.1) is 5.92 Å². The van der Waals surface area contributed by atoms with Crippen LogP contribution in [-0.2, 0) is 36.0 Å². The monoisotopic (exact) mass is 821 g/mol. The van der Waals surface area contributed by atoms with Crippen LogP contribution in [0.1, 0.15) is 87.4 Å². The fourth-order valence-electron chi connectivity index (χ4n) is 9.93. The van der Waals surface area contributed by atoms with Gasteiger partial charge in [-0.3, -0.25) is 19.1 Å². The lowest BCUT2D eigenvalue weighted by Gasteiger charge is -2.37. The number of rotatable bonds is 15. The Labute approximate surface area is 348 Å². The van der Waals surface area contributed by atoms with Crippen molar-refractivity contribution in [1.29, 1.82) is 0 Å². The zero-order valence-corrected chi connectivity index (χ0v) is 36.1.